The Bertz CT molecular complexity index is 262. The summed E-state index contributed by atoms with van der Waals surface area (Å²) in [5.74, 6) is 0. The van der Waals surface area contributed by atoms with Gasteiger partial charge in [0, 0.05) is 25.7 Å². The molecule has 2 bridgehead atoms. The van der Waals surface area contributed by atoms with Crippen LogP contribution in [0.3, 0.4) is 0 Å². The Hall–Kier alpha value is -0.200. The van der Waals surface area contributed by atoms with Crippen LogP contribution in [-0.4, -0.2) is 72.4 Å². The highest BCUT2D eigenvalue weighted by Gasteiger charge is 2.40. The summed E-state index contributed by atoms with van der Waals surface area (Å²) in [6.07, 6.45) is 3.40. The Morgan fingerprint density at radius 1 is 1.21 bits per heavy atom. The fraction of sp³-hybridized carbons (Fsp3) is 1.00. The number of fused-ring (bicyclic) bond motifs is 2. The second-order valence-corrected chi connectivity index (χ2v) is 5.96. The maximum absolute atomic E-state index is 10.1. The Kier molecular flexibility index (Phi) is 5.59. The molecule has 0 aromatic rings. The third-order valence-corrected chi connectivity index (χ3v) is 4.26. The van der Waals surface area contributed by atoms with E-state index in [9.17, 15) is 10.2 Å². The first kappa shape index (κ1) is 15.2. The molecule has 0 aliphatic carbocycles. The lowest BCUT2D eigenvalue weighted by Gasteiger charge is -2.38. The largest absolute Gasteiger partial charge is 0.393 e. The molecule has 0 spiro atoms. The molecular formula is C14H27NO4. The van der Waals surface area contributed by atoms with Crippen LogP contribution in [0, 0.1) is 0 Å². The average molecular weight is 273 g/mol. The highest BCUT2D eigenvalue weighted by Crippen LogP contribution is 2.35. The van der Waals surface area contributed by atoms with Crippen LogP contribution in [-0.2, 0) is 9.47 Å². The lowest BCUT2D eigenvalue weighted by Crippen LogP contribution is -2.48. The lowest BCUT2D eigenvalue weighted by molar-refractivity contribution is -0.0526. The number of methoxy groups -OCH3 is 1. The monoisotopic (exact) mass is 273 g/mol. The minimum atomic E-state index is -0.461. The van der Waals surface area contributed by atoms with E-state index in [-0.39, 0.29) is 12.2 Å². The predicted molar refractivity (Wildman–Crippen MR) is 72.1 cm³/mol. The van der Waals surface area contributed by atoms with Gasteiger partial charge in [-0.25, -0.2) is 0 Å². The molecule has 2 aliphatic rings. The lowest BCUT2D eigenvalue weighted by atomic mass is 9.99. The first-order valence-electron chi connectivity index (χ1n) is 7.32. The zero-order valence-corrected chi connectivity index (χ0v) is 12.0. The third kappa shape index (κ3) is 4.13. The van der Waals surface area contributed by atoms with Crippen molar-refractivity contribution in [3.05, 3.63) is 0 Å². The van der Waals surface area contributed by atoms with Gasteiger partial charge in [0.1, 0.15) is 0 Å². The summed E-state index contributed by atoms with van der Waals surface area (Å²) < 4.78 is 10.5. The van der Waals surface area contributed by atoms with Crippen LogP contribution in [0.1, 0.15) is 32.6 Å². The summed E-state index contributed by atoms with van der Waals surface area (Å²) in [5, 5.41) is 19.8. The van der Waals surface area contributed by atoms with Crippen LogP contribution < -0.4 is 0 Å². The van der Waals surface area contributed by atoms with Crippen molar-refractivity contribution in [2.45, 2.75) is 63.0 Å². The fourth-order valence-electron chi connectivity index (χ4n) is 3.40. The molecule has 0 aromatic carbocycles. The van der Waals surface area contributed by atoms with Gasteiger partial charge in [-0.3, -0.25) is 4.90 Å². The zero-order chi connectivity index (χ0) is 13.8. The van der Waals surface area contributed by atoms with Crippen molar-refractivity contribution >= 4 is 0 Å². The molecule has 2 N–H and O–H groups in total. The van der Waals surface area contributed by atoms with Gasteiger partial charge in [-0.1, -0.05) is 0 Å². The molecule has 2 heterocycles. The Morgan fingerprint density at radius 3 is 2.42 bits per heavy atom. The van der Waals surface area contributed by atoms with Crippen LogP contribution in [0.5, 0.6) is 0 Å². The molecule has 4 unspecified atom stereocenters. The summed E-state index contributed by atoms with van der Waals surface area (Å²) in [6, 6.07) is 0.889. The van der Waals surface area contributed by atoms with Crippen molar-refractivity contribution in [1.29, 1.82) is 0 Å². The molecule has 5 nitrogen and oxygen atoms in total. The van der Waals surface area contributed by atoms with E-state index in [1.54, 1.807) is 7.11 Å². The van der Waals surface area contributed by atoms with Crippen LogP contribution in [0.15, 0.2) is 0 Å². The maximum Gasteiger partial charge on any atom is 0.0900 e. The van der Waals surface area contributed by atoms with Gasteiger partial charge in [-0.2, -0.15) is 0 Å². The molecular weight excluding hydrogens is 246 g/mol. The van der Waals surface area contributed by atoms with Gasteiger partial charge in [0.2, 0.25) is 0 Å². The van der Waals surface area contributed by atoms with E-state index in [0.717, 1.165) is 25.7 Å². The van der Waals surface area contributed by atoms with Crippen molar-refractivity contribution in [2.24, 2.45) is 0 Å². The van der Waals surface area contributed by atoms with Crippen LogP contribution in [0.25, 0.3) is 0 Å². The molecule has 2 fully saturated rings. The Labute approximate surface area is 115 Å². The van der Waals surface area contributed by atoms with Crippen molar-refractivity contribution in [3.63, 3.8) is 0 Å². The SMILES string of the molecule is COCC(C)OCC(O)CN1C2CCC1CC(O)C2. The normalized spacial score (nSPS) is 34.4. The van der Waals surface area contributed by atoms with Gasteiger partial charge in [-0.05, 0) is 32.6 Å². The number of ether oxygens (including phenoxy) is 2. The standard InChI is InChI=1S/C14H27NO4/c1-10(8-18-2)19-9-14(17)7-15-11-3-4-12(15)6-13(16)5-11/h10-14,16-17H,3-9H2,1-2H3. The minimum absolute atomic E-state index is 0.0135. The van der Waals surface area contributed by atoms with E-state index in [0.29, 0.717) is 31.8 Å². The number of aliphatic hydroxyl groups is 2. The maximum atomic E-state index is 10.1. The first-order chi connectivity index (χ1) is 9.10. The summed E-state index contributed by atoms with van der Waals surface area (Å²) in [4.78, 5) is 2.36. The van der Waals surface area contributed by atoms with Crippen LogP contribution in [0.4, 0.5) is 0 Å². The molecule has 112 valence electrons. The van der Waals surface area contributed by atoms with Gasteiger partial charge >= 0.3 is 0 Å². The summed E-state index contributed by atoms with van der Waals surface area (Å²) in [7, 11) is 1.65. The van der Waals surface area contributed by atoms with E-state index in [1.807, 2.05) is 6.92 Å². The molecule has 0 radical (unpaired) electrons. The van der Waals surface area contributed by atoms with Gasteiger partial charge in [0.05, 0.1) is 31.5 Å². The molecule has 19 heavy (non-hydrogen) atoms. The second kappa shape index (κ2) is 6.99. The molecule has 0 amide bonds. The van der Waals surface area contributed by atoms with Gasteiger partial charge < -0.3 is 19.7 Å². The number of hydrogen-bond donors (Lipinski definition) is 2. The van der Waals surface area contributed by atoms with Gasteiger partial charge in [0.25, 0.3) is 0 Å². The van der Waals surface area contributed by atoms with E-state index in [1.165, 1.54) is 0 Å². The first-order valence-corrected chi connectivity index (χ1v) is 7.32. The average Bonchev–Trinajstić information content (AvgIpc) is 2.60. The molecule has 0 saturated carbocycles. The van der Waals surface area contributed by atoms with Crippen molar-refractivity contribution < 1.29 is 19.7 Å². The molecule has 0 aromatic heterocycles. The zero-order valence-electron chi connectivity index (χ0n) is 12.0. The van der Waals surface area contributed by atoms with Crippen molar-refractivity contribution in [1.82, 2.24) is 4.90 Å². The van der Waals surface area contributed by atoms with Gasteiger partial charge in [-0.15, -0.1) is 0 Å². The van der Waals surface area contributed by atoms with Gasteiger partial charge in [0.15, 0.2) is 0 Å². The number of nitrogens with zero attached hydrogens (tertiary/aromatic N) is 1. The molecule has 2 aliphatic heterocycles. The number of piperidine rings is 1. The van der Waals surface area contributed by atoms with E-state index in [2.05, 4.69) is 4.90 Å². The topological polar surface area (TPSA) is 62.2 Å². The number of rotatable bonds is 7. The minimum Gasteiger partial charge on any atom is -0.393 e. The highest BCUT2D eigenvalue weighted by atomic mass is 16.5. The molecule has 2 rings (SSSR count). The Balaban J connectivity index is 1.72. The number of aliphatic hydroxyl groups excluding tert-OH is 2. The second-order valence-electron chi connectivity index (χ2n) is 5.96. The van der Waals surface area contributed by atoms with E-state index in [4.69, 9.17) is 9.47 Å². The summed E-state index contributed by atoms with van der Waals surface area (Å²) in [5.41, 5.74) is 0. The van der Waals surface area contributed by atoms with Crippen molar-refractivity contribution in [2.75, 3.05) is 26.9 Å². The van der Waals surface area contributed by atoms with E-state index >= 15 is 0 Å². The Morgan fingerprint density at radius 2 is 1.84 bits per heavy atom. The smallest absolute Gasteiger partial charge is 0.0900 e. The predicted octanol–water partition coefficient (Wildman–Crippen LogP) is 0.386. The molecule has 5 heteroatoms. The quantitative estimate of drug-likeness (QED) is 0.702. The van der Waals surface area contributed by atoms with Crippen LogP contribution in [0.2, 0.25) is 0 Å². The number of hydrogen-bond acceptors (Lipinski definition) is 5. The van der Waals surface area contributed by atoms with E-state index < -0.39 is 6.10 Å². The molecule has 2 saturated heterocycles. The van der Waals surface area contributed by atoms with Crippen molar-refractivity contribution in [3.8, 4) is 0 Å². The summed E-state index contributed by atoms with van der Waals surface area (Å²) >= 11 is 0. The van der Waals surface area contributed by atoms with Crippen LogP contribution >= 0.6 is 0 Å². The fourth-order valence-corrected chi connectivity index (χ4v) is 3.40. The highest BCUT2D eigenvalue weighted by molar-refractivity contribution is 4.95. The summed E-state index contributed by atoms with van der Waals surface area (Å²) in [6.45, 7) is 3.50. The molecule has 4 atom stereocenters. The third-order valence-electron chi connectivity index (χ3n) is 4.26.